The van der Waals surface area contributed by atoms with E-state index in [9.17, 15) is 0 Å². The van der Waals surface area contributed by atoms with Crippen molar-refractivity contribution in [1.82, 2.24) is 0 Å². The number of nitrogens with one attached hydrogen (secondary N) is 1. The van der Waals surface area contributed by atoms with Gasteiger partial charge in [0.1, 0.15) is 11.9 Å². The minimum Gasteiger partial charge on any atom is -0.491 e. The van der Waals surface area contributed by atoms with Crippen LogP contribution in [0.25, 0.3) is 0 Å². The summed E-state index contributed by atoms with van der Waals surface area (Å²) in [5, 5.41) is 3.07. The van der Waals surface area contributed by atoms with Crippen molar-refractivity contribution in [1.29, 1.82) is 0 Å². The van der Waals surface area contributed by atoms with E-state index >= 15 is 0 Å². The van der Waals surface area contributed by atoms with Gasteiger partial charge in [-0.3, -0.25) is 4.99 Å². The zero-order chi connectivity index (χ0) is 17.4. The summed E-state index contributed by atoms with van der Waals surface area (Å²) < 4.78 is 11.1. The Bertz CT molecular complexity index is 645. The quantitative estimate of drug-likeness (QED) is 0.373. The Labute approximate surface area is 166 Å². The summed E-state index contributed by atoms with van der Waals surface area (Å²) in [6.07, 6.45) is 0.0350. The molecule has 2 aromatic rings. The Morgan fingerprint density at radius 2 is 1.72 bits per heavy atom. The highest BCUT2D eigenvalue weighted by Gasteiger charge is 2.09. The maximum absolute atomic E-state index is 5.96. The SMILES string of the molecule is COC(CN=C(N)Nc1ccc(OC(C)C)cc1)c1ccccc1.I. The van der Waals surface area contributed by atoms with Crippen LogP contribution in [0, 0.1) is 0 Å². The number of nitrogens with two attached hydrogens (primary N) is 1. The summed E-state index contributed by atoms with van der Waals surface area (Å²) in [4.78, 5) is 4.36. The number of guanidine groups is 1. The number of halogens is 1. The number of aliphatic imine (C=N–C) groups is 1. The predicted octanol–water partition coefficient (Wildman–Crippen LogP) is 4.21. The van der Waals surface area contributed by atoms with E-state index in [1.807, 2.05) is 68.4 Å². The van der Waals surface area contributed by atoms with Gasteiger partial charge in [0.25, 0.3) is 0 Å². The lowest BCUT2D eigenvalue weighted by molar-refractivity contribution is 0.111. The van der Waals surface area contributed by atoms with Crippen molar-refractivity contribution in [2.45, 2.75) is 26.1 Å². The molecule has 3 N–H and O–H groups in total. The van der Waals surface area contributed by atoms with Gasteiger partial charge in [0.15, 0.2) is 5.96 Å². The van der Waals surface area contributed by atoms with E-state index in [1.54, 1.807) is 7.11 Å². The van der Waals surface area contributed by atoms with Crippen LogP contribution in [0.15, 0.2) is 59.6 Å². The standard InChI is InChI=1S/C19H25N3O2.HI/c1-14(2)24-17-11-9-16(10-12-17)22-19(20)21-13-18(23-3)15-7-5-4-6-8-15;/h4-12,14,18H,13H2,1-3H3,(H3,20,21,22);1H. The van der Waals surface area contributed by atoms with Crippen LogP contribution in [0.4, 0.5) is 5.69 Å². The lowest BCUT2D eigenvalue weighted by Gasteiger charge is -2.14. The molecule has 136 valence electrons. The first-order valence-corrected chi connectivity index (χ1v) is 8.00. The highest BCUT2D eigenvalue weighted by Crippen LogP contribution is 2.18. The highest BCUT2D eigenvalue weighted by atomic mass is 127. The van der Waals surface area contributed by atoms with Gasteiger partial charge >= 0.3 is 0 Å². The van der Waals surface area contributed by atoms with E-state index < -0.39 is 0 Å². The molecular formula is C19H26IN3O2. The third kappa shape index (κ3) is 7.31. The second kappa shape index (κ2) is 10.9. The molecule has 0 aliphatic carbocycles. The summed E-state index contributed by atoms with van der Waals surface area (Å²) in [5.74, 6) is 1.18. The van der Waals surface area contributed by atoms with Gasteiger partial charge in [0, 0.05) is 12.8 Å². The van der Waals surface area contributed by atoms with Gasteiger partial charge in [0.05, 0.1) is 12.6 Å². The van der Waals surface area contributed by atoms with Crippen LogP contribution in [0.5, 0.6) is 5.75 Å². The molecule has 25 heavy (non-hydrogen) atoms. The zero-order valence-electron chi connectivity index (χ0n) is 14.8. The summed E-state index contributed by atoms with van der Waals surface area (Å²) in [7, 11) is 1.67. The zero-order valence-corrected chi connectivity index (χ0v) is 17.1. The van der Waals surface area contributed by atoms with Crippen LogP contribution in [-0.2, 0) is 4.74 Å². The molecule has 0 radical (unpaired) electrons. The molecule has 0 amide bonds. The third-order valence-corrected chi connectivity index (χ3v) is 3.38. The number of methoxy groups -OCH3 is 1. The first-order chi connectivity index (χ1) is 11.6. The normalized spacial score (nSPS) is 12.4. The molecule has 1 unspecified atom stereocenters. The predicted molar refractivity (Wildman–Crippen MR) is 114 cm³/mol. The Balaban J connectivity index is 0.00000312. The van der Waals surface area contributed by atoms with E-state index in [2.05, 4.69) is 10.3 Å². The molecule has 0 bridgehead atoms. The smallest absolute Gasteiger partial charge is 0.193 e. The number of anilines is 1. The summed E-state index contributed by atoms with van der Waals surface area (Å²) in [6.45, 7) is 4.44. The number of benzene rings is 2. The number of ether oxygens (including phenoxy) is 2. The minimum atomic E-state index is -0.117. The number of nitrogens with zero attached hydrogens (tertiary/aromatic N) is 1. The van der Waals surface area contributed by atoms with Crippen molar-refractivity contribution in [3.63, 3.8) is 0 Å². The molecule has 0 heterocycles. The van der Waals surface area contributed by atoms with Crippen molar-refractivity contribution in [3.8, 4) is 5.75 Å². The van der Waals surface area contributed by atoms with Crippen molar-refractivity contribution >= 4 is 35.6 Å². The minimum absolute atomic E-state index is 0. The van der Waals surface area contributed by atoms with Gasteiger partial charge in [-0.05, 0) is 43.7 Å². The fourth-order valence-electron chi connectivity index (χ4n) is 2.24. The van der Waals surface area contributed by atoms with E-state index in [-0.39, 0.29) is 36.2 Å². The molecule has 0 aliphatic rings. The van der Waals surface area contributed by atoms with Gasteiger partial charge in [-0.1, -0.05) is 30.3 Å². The molecule has 0 fully saturated rings. The van der Waals surface area contributed by atoms with Crippen LogP contribution in [0.3, 0.4) is 0 Å². The average Bonchev–Trinajstić information content (AvgIpc) is 2.58. The van der Waals surface area contributed by atoms with Crippen LogP contribution in [0.2, 0.25) is 0 Å². The van der Waals surface area contributed by atoms with Crippen molar-refractivity contribution in [2.24, 2.45) is 10.7 Å². The number of hydrogen-bond acceptors (Lipinski definition) is 3. The van der Waals surface area contributed by atoms with E-state index in [0.717, 1.165) is 17.0 Å². The van der Waals surface area contributed by atoms with Crippen LogP contribution in [-0.4, -0.2) is 25.7 Å². The molecule has 0 saturated heterocycles. The molecule has 0 aromatic heterocycles. The molecule has 1 atom stereocenters. The van der Waals surface area contributed by atoms with Gasteiger partial charge in [0.2, 0.25) is 0 Å². The van der Waals surface area contributed by atoms with Gasteiger partial charge in [-0.25, -0.2) is 0 Å². The summed E-state index contributed by atoms with van der Waals surface area (Å²) in [5.41, 5.74) is 7.90. The van der Waals surface area contributed by atoms with Crippen LogP contribution < -0.4 is 15.8 Å². The van der Waals surface area contributed by atoms with Crippen LogP contribution in [0.1, 0.15) is 25.5 Å². The topological polar surface area (TPSA) is 68.9 Å². The molecular weight excluding hydrogens is 429 g/mol. The van der Waals surface area contributed by atoms with Crippen LogP contribution >= 0.6 is 24.0 Å². The maximum atomic E-state index is 5.96. The average molecular weight is 455 g/mol. The Kier molecular flexibility index (Phi) is 9.30. The molecule has 0 aliphatic heterocycles. The Hall–Kier alpha value is -1.80. The van der Waals surface area contributed by atoms with E-state index in [0.29, 0.717) is 12.5 Å². The highest BCUT2D eigenvalue weighted by molar-refractivity contribution is 14.0. The molecule has 0 saturated carbocycles. The van der Waals surface area contributed by atoms with Crippen molar-refractivity contribution in [2.75, 3.05) is 19.0 Å². The van der Waals surface area contributed by atoms with Crippen molar-refractivity contribution in [3.05, 3.63) is 60.2 Å². The lowest BCUT2D eigenvalue weighted by Crippen LogP contribution is -2.23. The van der Waals surface area contributed by atoms with Gasteiger partial charge < -0.3 is 20.5 Å². The Morgan fingerprint density at radius 3 is 2.28 bits per heavy atom. The molecule has 0 spiro atoms. The second-order valence-electron chi connectivity index (χ2n) is 5.68. The third-order valence-electron chi connectivity index (χ3n) is 3.38. The fraction of sp³-hybridized carbons (Fsp3) is 0.316. The summed E-state index contributed by atoms with van der Waals surface area (Å²) >= 11 is 0. The molecule has 5 nitrogen and oxygen atoms in total. The first-order valence-electron chi connectivity index (χ1n) is 8.00. The fourth-order valence-corrected chi connectivity index (χ4v) is 2.24. The molecule has 6 heteroatoms. The van der Waals surface area contributed by atoms with E-state index in [4.69, 9.17) is 15.2 Å². The largest absolute Gasteiger partial charge is 0.491 e. The number of hydrogen-bond donors (Lipinski definition) is 2. The first kappa shape index (κ1) is 21.2. The van der Waals surface area contributed by atoms with E-state index in [1.165, 1.54) is 0 Å². The molecule has 2 aromatic carbocycles. The van der Waals surface area contributed by atoms with Gasteiger partial charge in [-0.15, -0.1) is 24.0 Å². The Morgan fingerprint density at radius 1 is 1.08 bits per heavy atom. The van der Waals surface area contributed by atoms with Gasteiger partial charge in [-0.2, -0.15) is 0 Å². The van der Waals surface area contributed by atoms with Crippen molar-refractivity contribution < 1.29 is 9.47 Å². The monoisotopic (exact) mass is 455 g/mol. The number of rotatable bonds is 7. The summed E-state index contributed by atoms with van der Waals surface area (Å²) in [6, 6.07) is 17.6. The maximum Gasteiger partial charge on any atom is 0.193 e. The lowest BCUT2D eigenvalue weighted by atomic mass is 10.1. The second-order valence-corrected chi connectivity index (χ2v) is 5.68. The molecule has 2 rings (SSSR count).